The summed E-state index contributed by atoms with van der Waals surface area (Å²) in [6.45, 7) is 6.95. The van der Waals surface area contributed by atoms with Crippen LogP contribution in [0.4, 0.5) is 5.95 Å². The highest BCUT2D eigenvalue weighted by atomic mass is 35.5. The Bertz CT molecular complexity index is 383. The number of nitrogens with zero attached hydrogens (tertiary/aromatic N) is 3. The van der Waals surface area contributed by atoms with Gasteiger partial charge in [-0.3, -0.25) is 0 Å². The average molecular weight is 276 g/mol. The van der Waals surface area contributed by atoms with E-state index in [-0.39, 0.29) is 5.92 Å². The lowest BCUT2D eigenvalue weighted by molar-refractivity contribution is 0.122. The number of anilines is 1. The molecular weight excluding hydrogens is 261 g/mol. The number of ether oxygens (including phenoxy) is 1. The quantitative estimate of drug-likeness (QED) is 0.778. The van der Waals surface area contributed by atoms with Crippen LogP contribution >= 0.6 is 23.2 Å². The lowest BCUT2D eigenvalue weighted by Crippen LogP contribution is -2.37. The first-order valence-corrected chi connectivity index (χ1v) is 6.41. The molecule has 94 valence electrons. The smallest absolute Gasteiger partial charge is 0.228 e. The average Bonchev–Trinajstić information content (AvgIpc) is 2.28. The zero-order valence-electron chi connectivity index (χ0n) is 9.91. The number of aromatic nitrogens is 2. The fourth-order valence-electron chi connectivity index (χ4n) is 1.79. The molecule has 17 heavy (non-hydrogen) atoms. The Morgan fingerprint density at radius 2 is 1.65 bits per heavy atom. The van der Waals surface area contributed by atoms with Crippen molar-refractivity contribution in [1.29, 1.82) is 0 Å². The lowest BCUT2D eigenvalue weighted by atomic mass is 10.1. The van der Waals surface area contributed by atoms with E-state index in [0.717, 1.165) is 18.7 Å². The number of halogens is 2. The first-order valence-electron chi connectivity index (χ1n) is 5.65. The Morgan fingerprint density at radius 1 is 1.12 bits per heavy atom. The van der Waals surface area contributed by atoms with Gasteiger partial charge in [0.25, 0.3) is 0 Å². The van der Waals surface area contributed by atoms with Gasteiger partial charge in [-0.15, -0.1) is 0 Å². The third-order valence-corrected chi connectivity index (χ3v) is 3.29. The van der Waals surface area contributed by atoms with Crippen LogP contribution in [0.3, 0.4) is 0 Å². The highest BCUT2D eigenvalue weighted by Gasteiger charge is 2.19. The largest absolute Gasteiger partial charge is 0.378 e. The summed E-state index contributed by atoms with van der Waals surface area (Å²) >= 11 is 12.3. The van der Waals surface area contributed by atoms with Crippen LogP contribution in [0, 0.1) is 0 Å². The zero-order chi connectivity index (χ0) is 12.4. The maximum atomic E-state index is 6.16. The van der Waals surface area contributed by atoms with Crippen LogP contribution < -0.4 is 4.90 Å². The van der Waals surface area contributed by atoms with Crippen molar-refractivity contribution in [3.63, 3.8) is 0 Å². The molecule has 0 saturated carbocycles. The minimum Gasteiger partial charge on any atom is -0.378 e. The van der Waals surface area contributed by atoms with Gasteiger partial charge in [-0.05, 0) is 5.92 Å². The van der Waals surface area contributed by atoms with Gasteiger partial charge in [0.05, 0.1) is 13.2 Å². The first-order chi connectivity index (χ1) is 8.09. The predicted molar refractivity (Wildman–Crippen MR) is 69.2 cm³/mol. The van der Waals surface area contributed by atoms with Crippen LogP contribution in [0.2, 0.25) is 10.3 Å². The second-order valence-corrected chi connectivity index (χ2v) is 4.99. The molecule has 0 aliphatic carbocycles. The SMILES string of the molecule is CC(C)c1c(Cl)nc(N2CCOCC2)nc1Cl. The third kappa shape index (κ3) is 2.81. The van der Waals surface area contributed by atoms with Crippen LogP contribution in [0.5, 0.6) is 0 Å². The normalized spacial score (nSPS) is 16.6. The van der Waals surface area contributed by atoms with E-state index in [1.807, 2.05) is 18.7 Å². The van der Waals surface area contributed by atoms with Crippen molar-refractivity contribution in [1.82, 2.24) is 9.97 Å². The second kappa shape index (κ2) is 5.38. The summed E-state index contributed by atoms with van der Waals surface area (Å²) < 4.78 is 5.28. The first kappa shape index (κ1) is 12.9. The summed E-state index contributed by atoms with van der Waals surface area (Å²) in [4.78, 5) is 10.7. The van der Waals surface area contributed by atoms with E-state index >= 15 is 0 Å². The van der Waals surface area contributed by atoms with Crippen LogP contribution in [-0.4, -0.2) is 36.3 Å². The van der Waals surface area contributed by atoms with Gasteiger partial charge in [0.2, 0.25) is 5.95 Å². The van der Waals surface area contributed by atoms with E-state index in [0.29, 0.717) is 29.5 Å². The molecule has 6 heteroatoms. The van der Waals surface area contributed by atoms with E-state index in [2.05, 4.69) is 9.97 Å². The summed E-state index contributed by atoms with van der Waals surface area (Å²) in [6.07, 6.45) is 0. The van der Waals surface area contributed by atoms with E-state index in [1.54, 1.807) is 0 Å². The predicted octanol–water partition coefficient (Wildman–Crippen LogP) is 2.74. The van der Waals surface area contributed by atoms with Crippen molar-refractivity contribution >= 4 is 29.2 Å². The van der Waals surface area contributed by atoms with Gasteiger partial charge < -0.3 is 9.64 Å². The third-order valence-electron chi connectivity index (χ3n) is 2.71. The fourth-order valence-corrected chi connectivity index (χ4v) is 2.60. The molecule has 1 saturated heterocycles. The van der Waals surface area contributed by atoms with Crippen molar-refractivity contribution in [2.45, 2.75) is 19.8 Å². The van der Waals surface area contributed by atoms with Crippen molar-refractivity contribution in [3.05, 3.63) is 15.9 Å². The molecule has 1 aromatic rings. The molecular formula is C11H15Cl2N3O. The maximum Gasteiger partial charge on any atom is 0.228 e. The van der Waals surface area contributed by atoms with Crippen LogP contribution in [-0.2, 0) is 4.74 Å². The van der Waals surface area contributed by atoms with Gasteiger partial charge in [-0.25, -0.2) is 9.97 Å². The molecule has 0 aromatic carbocycles. The minimum atomic E-state index is 0.216. The summed E-state index contributed by atoms with van der Waals surface area (Å²) in [5.74, 6) is 0.807. The molecule has 0 N–H and O–H groups in total. The van der Waals surface area contributed by atoms with E-state index < -0.39 is 0 Å². The van der Waals surface area contributed by atoms with Crippen LogP contribution in [0.1, 0.15) is 25.3 Å². The molecule has 4 nitrogen and oxygen atoms in total. The summed E-state index contributed by atoms with van der Waals surface area (Å²) in [5, 5.41) is 0.892. The van der Waals surface area contributed by atoms with E-state index in [4.69, 9.17) is 27.9 Å². The topological polar surface area (TPSA) is 38.2 Å². The Hall–Kier alpha value is -0.580. The van der Waals surface area contributed by atoms with Crippen LogP contribution in [0.25, 0.3) is 0 Å². The van der Waals surface area contributed by atoms with Gasteiger partial charge >= 0.3 is 0 Å². The molecule has 1 aromatic heterocycles. The van der Waals surface area contributed by atoms with Gasteiger partial charge in [0.1, 0.15) is 10.3 Å². The molecule has 2 heterocycles. The fraction of sp³-hybridized carbons (Fsp3) is 0.636. The summed E-state index contributed by atoms with van der Waals surface area (Å²) in [6, 6.07) is 0. The number of hydrogen-bond acceptors (Lipinski definition) is 4. The Kier molecular flexibility index (Phi) is 4.07. The summed E-state index contributed by atoms with van der Waals surface area (Å²) in [5.41, 5.74) is 0.811. The van der Waals surface area contributed by atoms with Gasteiger partial charge in [-0.1, -0.05) is 37.0 Å². The van der Waals surface area contributed by atoms with Gasteiger partial charge in [-0.2, -0.15) is 0 Å². The molecule has 1 aliphatic heterocycles. The van der Waals surface area contributed by atoms with E-state index in [1.165, 1.54) is 0 Å². The highest BCUT2D eigenvalue weighted by molar-refractivity contribution is 6.34. The number of hydrogen-bond donors (Lipinski definition) is 0. The monoisotopic (exact) mass is 275 g/mol. The van der Waals surface area contributed by atoms with Gasteiger partial charge in [0, 0.05) is 18.7 Å². The Labute approximate surface area is 111 Å². The lowest BCUT2D eigenvalue weighted by Gasteiger charge is -2.27. The Balaban J connectivity index is 2.31. The number of rotatable bonds is 2. The maximum absolute atomic E-state index is 6.16. The molecule has 0 amide bonds. The molecule has 0 unspecified atom stereocenters. The van der Waals surface area contributed by atoms with Crippen LogP contribution in [0.15, 0.2) is 0 Å². The highest BCUT2D eigenvalue weighted by Crippen LogP contribution is 2.30. The van der Waals surface area contributed by atoms with Crippen molar-refractivity contribution in [2.24, 2.45) is 0 Å². The molecule has 0 radical (unpaired) electrons. The molecule has 0 bridgehead atoms. The molecule has 0 spiro atoms. The molecule has 2 rings (SSSR count). The summed E-state index contributed by atoms with van der Waals surface area (Å²) in [7, 11) is 0. The Morgan fingerprint density at radius 3 is 2.12 bits per heavy atom. The van der Waals surface area contributed by atoms with Gasteiger partial charge in [0.15, 0.2) is 0 Å². The standard InChI is InChI=1S/C11H15Cl2N3O/c1-7(2)8-9(12)14-11(15-10(8)13)16-3-5-17-6-4-16/h7H,3-6H2,1-2H3. The molecule has 1 aliphatic rings. The number of morpholine rings is 1. The molecule has 0 atom stereocenters. The van der Waals surface area contributed by atoms with Crippen molar-refractivity contribution in [3.8, 4) is 0 Å². The zero-order valence-corrected chi connectivity index (χ0v) is 11.4. The molecule has 1 fully saturated rings. The van der Waals surface area contributed by atoms with Crippen molar-refractivity contribution in [2.75, 3.05) is 31.2 Å². The van der Waals surface area contributed by atoms with E-state index in [9.17, 15) is 0 Å². The minimum absolute atomic E-state index is 0.216. The van der Waals surface area contributed by atoms with Crippen molar-refractivity contribution < 1.29 is 4.74 Å². The second-order valence-electron chi connectivity index (χ2n) is 4.27.